The van der Waals surface area contributed by atoms with E-state index in [2.05, 4.69) is 80.8 Å². The molecule has 1 atom stereocenters. The van der Waals surface area contributed by atoms with E-state index in [1.54, 1.807) is 0 Å². The molecule has 1 aliphatic heterocycles. The third-order valence-corrected chi connectivity index (χ3v) is 6.02. The maximum atomic E-state index is 6.06. The van der Waals surface area contributed by atoms with Crippen LogP contribution in [0.3, 0.4) is 0 Å². The van der Waals surface area contributed by atoms with E-state index in [1.807, 2.05) is 18.2 Å². The van der Waals surface area contributed by atoms with Crippen LogP contribution >= 0.6 is 15.9 Å². The molecule has 0 aliphatic carbocycles. The summed E-state index contributed by atoms with van der Waals surface area (Å²) in [7, 11) is 0. The van der Waals surface area contributed by atoms with E-state index in [0.29, 0.717) is 12.6 Å². The van der Waals surface area contributed by atoms with E-state index < -0.39 is 0 Å². The highest BCUT2D eigenvalue weighted by atomic mass is 79.9. The summed E-state index contributed by atoms with van der Waals surface area (Å²) in [6.07, 6.45) is 1.07. The minimum atomic E-state index is 0.318. The van der Waals surface area contributed by atoms with Gasteiger partial charge in [0.1, 0.15) is 12.4 Å². The maximum Gasteiger partial charge on any atom is 0.153 e. The molecule has 4 aromatic rings. The van der Waals surface area contributed by atoms with Crippen LogP contribution < -0.4 is 10.1 Å². The van der Waals surface area contributed by atoms with Crippen molar-refractivity contribution >= 4 is 26.8 Å². The first-order valence-corrected chi connectivity index (χ1v) is 10.5. The zero-order valence-corrected chi connectivity index (χ0v) is 17.1. The van der Waals surface area contributed by atoms with Gasteiger partial charge in [-0.15, -0.1) is 0 Å². The van der Waals surface area contributed by atoms with Crippen LogP contribution in [0.15, 0.2) is 77.3 Å². The van der Waals surface area contributed by atoms with Crippen LogP contribution in [-0.4, -0.2) is 11.5 Å². The largest absolute Gasteiger partial charge is 0.489 e. The van der Waals surface area contributed by atoms with E-state index in [4.69, 9.17) is 4.74 Å². The predicted molar refractivity (Wildman–Crippen MR) is 116 cm³/mol. The number of nitrogens with two attached hydrogens (primary N) is 1. The molecule has 3 nitrogen and oxygen atoms in total. The molecule has 5 rings (SSSR count). The third kappa shape index (κ3) is 3.34. The van der Waals surface area contributed by atoms with Gasteiger partial charge in [0.15, 0.2) is 6.04 Å². The van der Waals surface area contributed by atoms with Crippen molar-refractivity contribution in [1.29, 1.82) is 0 Å². The lowest BCUT2D eigenvalue weighted by molar-refractivity contribution is -0.690. The summed E-state index contributed by atoms with van der Waals surface area (Å²) in [6.45, 7) is 1.68. The van der Waals surface area contributed by atoms with Gasteiger partial charge in [-0.3, -0.25) is 0 Å². The molecule has 1 unspecified atom stereocenters. The third-order valence-electron chi connectivity index (χ3n) is 5.50. The molecule has 28 heavy (non-hydrogen) atoms. The quantitative estimate of drug-likeness (QED) is 0.480. The number of aromatic amines is 1. The molecule has 4 heteroatoms. The topological polar surface area (TPSA) is 41.6 Å². The number of aromatic nitrogens is 1. The molecule has 0 spiro atoms. The lowest BCUT2D eigenvalue weighted by atomic mass is 9.94. The van der Waals surface area contributed by atoms with Gasteiger partial charge in [-0.1, -0.05) is 58.4 Å². The first-order valence-electron chi connectivity index (χ1n) is 9.68. The van der Waals surface area contributed by atoms with Crippen LogP contribution in [0, 0.1) is 0 Å². The molecule has 0 radical (unpaired) electrons. The van der Waals surface area contributed by atoms with E-state index in [9.17, 15) is 0 Å². The fourth-order valence-electron chi connectivity index (χ4n) is 4.10. The summed E-state index contributed by atoms with van der Waals surface area (Å²) in [5.74, 6) is 0.924. The number of hydrogen-bond acceptors (Lipinski definition) is 1. The van der Waals surface area contributed by atoms with Crippen molar-refractivity contribution in [2.75, 3.05) is 6.54 Å². The summed E-state index contributed by atoms with van der Waals surface area (Å²) >= 11 is 3.54. The van der Waals surface area contributed by atoms with Crippen molar-refractivity contribution in [3.63, 3.8) is 0 Å². The number of rotatable bonds is 4. The van der Waals surface area contributed by atoms with Gasteiger partial charge in [-0.2, -0.15) is 0 Å². The van der Waals surface area contributed by atoms with Crippen LogP contribution in [0.1, 0.15) is 28.4 Å². The minimum Gasteiger partial charge on any atom is -0.489 e. The van der Waals surface area contributed by atoms with Crippen LogP contribution in [0.5, 0.6) is 5.75 Å². The van der Waals surface area contributed by atoms with Crippen molar-refractivity contribution in [1.82, 2.24) is 4.98 Å². The van der Waals surface area contributed by atoms with Crippen molar-refractivity contribution in [3.8, 4) is 5.75 Å². The Bertz CT molecular complexity index is 1100. The Morgan fingerprint density at radius 3 is 2.64 bits per heavy atom. The van der Waals surface area contributed by atoms with Crippen molar-refractivity contribution in [2.24, 2.45) is 0 Å². The van der Waals surface area contributed by atoms with Crippen molar-refractivity contribution in [3.05, 3.63) is 99.7 Å². The summed E-state index contributed by atoms with van der Waals surface area (Å²) in [5.41, 5.74) is 6.45. The van der Waals surface area contributed by atoms with Gasteiger partial charge < -0.3 is 15.0 Å². The van der Waals surface area contributed by atoms with Gasteiger partial charge in [0.05, 0.1) is 12.2 Å². The van der Waals surface area contributed by atoms with Crippen molar-refractivity contribution < 1.29 is 10.1 Å². The highest BCUT2D eigenvalue weighted by Crippen LogP contribution is 2.33. The number of H-pyrrole nitrogens is 1. The summed E-state index contributed by atoms with van der Waals surface area (Å²) < 4.78 is 7.17. The molecule has 0 saturated heterocycles. The lowest BCUT2D eigenvalue weighted by Gasteiger charge is -2.21. The van der Waals surface area contributed by atoms with E-state index >= 15 is 0 Å². The highest BCUT2D eigenvalue weighted by Gasteiger charge is 2.28. The van der Waals surface area contributed by atoms with E-state index in [1.165, 1.54) is 33.3 Å². The zero-order valence-electron chi connectivity index (χ0n) is 15.5. The van der Waals surface area contributed by atoms with Crippen LogP contribution in [0.25, 0.3) is 10.9 Å². The van der Waals surface area contributed by atoms with E-state index in [0.717, 1.165) is 23.2 Å². The molecule has 0 fully saturated rings. The van der Waals surface area contributed by atoms with Gasteiger partial charge in [0, 0.05) is 27.4 Å². The molecule has 2 heterocycles. The smallest absolute Gasteiger partial charge is 0.153 e. The minimum absolute atomic E-state index is 0.318. The fourth-order valence-corrected chi connectivity index (χ4v) is 4.36. The molecule has 0 saturated carbocycles. The number of hydrogen-bond donors (Lipinski definition) is 2. The second-order valence-corrected chi connectivity index (χ2v) is 8.22. The number of benzene rings is 3. The monoisotopic (exact) mass is 433 g/mol. The first-order chi connectivity index (χ1) is 13.8. The molecular formula is C24H22BrN2O+. The van der Waals surface area contributed by atoms with Gasteiger partial charge >= 0.3 is 0 Å². The van der Waals surface area contributed by atoms with Gasteiger partial charge in [0.2, 0.25) is 0 Å². The fraction of sp³-hybridized carbons (Fsp3) is 0.167. The molecule has 3 N–H and O–H groups in total. The van der Waals surface area contributed by atoms with Crippen LogP contribution in [0.2, 0.25) is 0 Å². The zero-order chi connectivity index (χ0) is 18.9. The Morgan fingerprint density at radius 1 is 1.00 bits per heavy atom. The number of nitrogens with one attached hydrogen (secondary N) is 1. The van der Waals surface area contributed by atoms with Crippen molar-refractivity contribution in [2.45, 2.75) is 19.1 Å². The molecule has 1 aromatic heterocycles. The molecule has 140 valence electrons. The lowest BCUT2D eigenvalue weighted by Crippen LogP contribution is -2.87. The molecular weight excluding hydrogens is 412 g/mol. The highest BCUT2D eigenvalue weighted by molar-refractivity contribution is 9.10. The second-order valence-electron chi connectivity index (χ2n) is 7.30. The number of fused-ring (bicyclic) bond motifs is 3. The number of halogens is 1. The SMILES string of the molecule is Brc1ccc(C2[NH2+]CCc3c2[nH]c2ccc(OCc4ccccc4)cc32)cc1. The summed E-state index contributed by atoms with van der Waals surface area (Å²) in [5, 5.41) is 3.71. The van der Waals surface area contributed by atoms with Gasteiger partial charge in [0.25, 0.3) is 0 Å². The number of quaternary nitrogens is 1. The normalized spacial score (nSPS) is 16.1. The Kier molecular flexibility index (Phi) is 4.67. The Balaban J connectivity index is 1.47. The standard InChI is InChI=1S/C24H21BrN2O/c25-18-8-6-17(7-9-18)23-24-20(12-13-26-23)21-14-19(10-11-22(21)27-24)28-15-16-4-2-1-3-5-16/h1-11,14,23,26-27H,12-13,15H2/p+1. The van der Waals surface area contributed by atoms with Crippen LogP contribution in [0.4, 0.5) is 0 Å². The second kappa shape index (κ2) is 7.46. The van der Waals surface area contributed by atoms with Crippen LogP contribution in [-0.2, 0) is 13.0 Å². The predicted octanol–water partition coefficient (Wildman–Crippen LogP) is 4.72. The Labute approximate surface area is 172 Å². The molecule has 0 amide bonds. The van der Waals surface area contributed by atoms with Gasteiger partial charge in [-0.05, 0) is 41.5 Å². The summed E-state index contributed by atoms with van der Waals surface area (Å²) in [6, 6.07) is 25.7. The molecule has 1 aliphatic rings. The Hall–Kier alpha value is -2.56. The molecule has 3 aromatic carbocycles. The first kappa shape index (κ1) is 17.5. The average Bonchev–Trinajstić information content (AvgIpc) is 3.12. The number of ether oxygens (including phenoxy) is 1. The molecule has 0 bridgehead atoms. The maximum absolute atomic E-state index is 6.06. The van der Waals surface area contributed by atoms with Gasteiger partial charge in [-0.25, -0.2) is 0 Å². The average molecular weight is 434 g/mol. The van der Waals surface area contributed by atoms with E-state index in [-0.39, 0.29) is 0 Å². The summed E-state index contributed by atoms with van der Waals surface area (Å²) in [4.78, 5) is 3.68. The Morgan fingerprint density at radius 2 is 1.82 bits per heavy atom.